The second-order valence-electron chi connectivity index (χ2n) is 4.28. The van der Waals surface area contributed by atoms with Gasteiger partial charge in [0.1, 0.15) is 0 Å². The molecule has 0 saturated carbocycles. The summed E-state index contributed by atoms with van der Waals surface area (Å²) in [4.78, 5) is 36.2. The van der Waals surface area contributed by atoms with Gasteiger partial charge in [-0.3, -0.25) is 14.4 Å². The molecule has 0 aliphatic carbocycles. The monoisotopic (exact) mass is 241 g/mol. The molecule has 1 fully saturated rings. The average Bonchev–Trinajstić information content (AvgIpc) is 2.81. The Kier molecular flexibility index (Phi) is 5.12. The highest BCUT2D eigenvalue weighted by molar-refractivity contribution is 6.36. The minimum atomic E-state index is -0.547. The fourth-order valence-electron chi connectivity index (χ4n) is 1.83. The van der Waals surface area contributed by atoms with Gasteiger partial charge in [-0.2, -0.15) is 0 Å². The zero-order chi connectivity index (χ0) is 12.8. The second-order valence-corrected chi connectivity index (χ2v) is 4.28. The van der Waals surface area contributed by atoms with Gasteiger partial charge in [0.15, 0.2) is 0 Å². The van der Waals surface area contributed by atoms with Crippen molar-refractivity contribution in [1.82, 2.24) is 4.90 Å². The number of ether oxygens (including phenoxy) is 1. The number of hydrogen-bond donors (Lipinski definition) is 0. The van der Waals surface area contributed by atoms with E-state index in [0.717, 1.165) is 12.8 Å². The van der Waals surface area contributed by atoms with Gasteiger partial charge in [-0.1, -0.05) is 6.92 Å². The van der Waals surface area contributed by atoms with Gasteiger partial charge >= 0.3 is 5.97 Å². The van der Waals surface area contributed by atoms with Gasteiger partial charge in [0.2, 0.25) is 5.78 Å². The van der Waals surface area contributed by atoms with Crippen LogP contribution in [0, 0.1) is 5.92 Å². The summed E-state index contributed by atoms with van der Waals surface area (Å²) in [6.07, 6.45) is 1.84. The Labute approximate surface area is 101 Å². The van der Waals surface area contributed by atoms with Gasteiger partial charge in [0, 0.05) is 19.5 Å². The van der Waals surface area contributed by atoms with E-state index in [0.29, 0.717) is 13.1 Å². The molecule has 0 bridgehead atoms. The zero-order valence-electron chi connectivity index (χ0n) is 10.4. The van der Waals surface area contributed by atoms with Crippen molar-refractivity contribution in [1.29, 1.82) is 0 Å². The number of carbonyl (C=O) groups is 3. The fourth-order valence-corrected chi connectivity index (χ4v) is 1.83. The summed E-state index contributed by atoms with van der Waals surface area (Å²) in [5.74, 6) is -1.92. The molecule has 1 rings (SSSR count). The summed E-state index contributed by atoms with van der Waals surface area (Å²) >= 11 is 0. The van der Waals surface area contributed by atoms with E-state index in [-0.39, 0.29) is 13.0 Å². The van der Waals surface area contributed by atoms with E-state index in [4.69, 9.17) is 4.74 Å². The van der Waals surface area contributed by atoms with Crippen LogP contribution in [0.2, 0.25) is 0 Å². The van der Waals surface area contributed by atoms with Crippen LogP contribution >= 0.6 is 0 Å². The number of rotatable bonds is 5. The van der Waals surface area contributed by atoms with Gasteiger partial charge in [0.05, 0.1) is 12.5 Å². The molecule has 0 aromatic carbocycles. The largest absolute Gasteiger partial charge is 0.466 e. The minimum Gasteiger partial charge on any atom is -0.466 e. The molecule has 1 aliphatic heterocycles. The number of hydrogen-bond acceptors (Lipinski definition) is 4. The third-order valence-corrected chi connectivity index (χ3v) is 2.81. The molecule has 0 N–H and O–H groups in total. The van der Waals surface area contributed by atoms with Crippen LogP contribution in [0.5, 0.6) is 0 Å². The molecule has 17 heavy (non-hydrogen) atoms. The lowest BCUT2D eigenvalue weighted by atomic mass is 10.0. The first-order valence-electron chi connectivity index (χ1n) is 6.05. The van der Waals surface area contributed by atoms with Crippen LogP contribution in [0.3, 0.4) is 0 Å². The molecule has 1 atom stereocenters. The number of esters is 1. The van der Waals surface area contributed by atoms with Crippen LogP contribution in [0.4, 0.5) is 0 Å². The van der Waals surface area contributed by atoms with Crippen LogP contribution in [-0.2, 0) is 19.1 Å². The van der Waals surface area contributed by atoms with E-state index < -0.39 is 23.6 Å². The smallest absolute Gasteiger partial charge is 0.309 e. The molecule has 5 nitrogen and oxygen atoms in total. The van der Waals surface area contributed by atoms with Crippen molar-refractivity contribution in [3.05, 3.63) is 0 Å². The summed E-state index contributed by atoms with van der Waals surface area (Å²) in [5.41, 5.74) is 0. The van der Waals surface area contributed by atoms with Crippen molar-refractivity contribution >= 4 is 17.7 Å². The standard InChI is InChI=1S/C12H19NO4/c1-3-17-12(16)9(2)8-10(14)11(15)13-6-4-5-7-13/h9H,3-8H2,1-2H3. The molecular formula is C12H19NO4. The van der Waals surface area contributed by atoms with Crippen LogP contribution in [-0.4, -0.2) is 42.3 Å². The molecule has 1 saturated heterocycles. The Morgan fingerprint density at radius 2 is 1.82 bits per heavy atom. The summed E-state index contributed by atoms with van der Waals surface area (Å²) in [6.45, 7) is 4.91. The van der Waals surface area contributed by atoms with Gasteiger partial charge in [0.25, 0.3) is 5.91 Å². The van der Waals surface area contributed by atoms with Crippen LogP contribution in [0.1, 0.15) is 33.1 Å². The predicted molar refractivity (Wildman–Crippen MR) is 61.2 cm³/mol. The Balaban J connectivity index is 2.42. The molecule has 0 aromatic rings. The lowest BCUT2D eigenvalue weighted by Crippen LogP contribution is -2.35. The van der Waals surface area contributed by atoms with E-state index in [1.54, 1.807) is 18.7 Å². The van der Waals surface area contributed by atoms with Gasteiger partial charge in [-0.25, -0.2) is 0 Å². The Bertz CT molecular complexity index is 308. The Morgan fingerprint density at radius 3 is 2.35 bits per heavy atom. The van der Waals surface area contributed by atoms with E-state index in [1.165, 1.54) is 0 Å². The molecule has 0 aromatic heterocycles. The van der Waals surface area contributed by atoms with Crippen LogP contribution < -0.4 is 0 Å². The molecule has 1 unspecified atom stereocenters. The minimum absolute atomic E-state index is 0.0613. The topological polar surface area (TPSA) is 63.7 Å². The Morgan fingerprint density at radius 1 is 1.24 bits per heavy atom. The first-order chi connectivity index (χ1) is 8.06. The maximum Gasteiger partial charge on any atom is 0.309 e. The fraction of sp³-hybridized carbons (Fsp3) is 0.750. The summed E-state index contributed by atoms with van der Waals surface area (Å²) < 4.78 is 4.79. The molecule has 1 aliphatic rings. The Hall–Kier alpha value is -1.39. The van der Waals surface area contributed by atoms with Crippen molar-refractivity contribution < 1.29 is 19.1 Å². The van der Waals surface area contributed by atoms with Crippen molar-refractivity contribution in [3.8, 4) is 0 Å². The van der Waals surface area contributed by atoms with Gasteiger partial charge in [-0.15, -0.1) is 0 Å². The molecule has 1 amide bonds. The van der Waals surface area contributed by atoms with E-state index >= 15 is 0 Å². The van der Waals surface area contributed by atoms with E-state index in [2.05, 4.69) is 0 Å². The lowest BCUT2D eigenvalue weighted by molar-refractivity contribution is -0.151. The first kappa shape index (κ1) is 13.7. The molecule has 5 heteroatoms. The third kappa shape index (κ3) is 3.84. The SMILES string of the molecule is CCOC(=O)C(C)CC(=O)C(=O)N1CCCC1. The van der Waals surface area contributed by atoms with Crippen molar-refractivity contribution in [2.45, 2.75) is 33.1 Å². The molecule has 1 heterocycles. The van der Waals surface area contributed by atoms with Crippen LogP contribution in [0.15, 0.2) is 0 Å². The summed E-state index contributed by atoms with van der Waals surface area (Å²) in [5, 5.41) is 0. The molecule has 0 radical (unpaired) electrons. The number of amides is 1. The normalized spacial score (nSPS) is 16.7. The second kappa shape index (κ2) is 6.37. The maximum absolute atomic E-state index is 11.7. The zero-order valence-corrected chi connectivity index (χ0v) is 10.4. The number of Topliss-reactive ketones (excluding diaryl/α,β-unsaturated/α-hetero) is 1. The predicted octanol–water partition coefficient (Wildman–Crippen LogP) is 0.767. The van der Waals surface area contributed by atoms with Crippen molar-refractivity contribution in [3.63, 3.8) is 0 Å². The summed E-state index contributed by atoms with van der Waals surface area (Å²) in [6, 6.07) is 0. The third-order valence-electron chi connectivity index (χ3n) is 2.81. The maximum atomic E-state index is 11.7. The van der Waals surface area contributed by atoms with Crippen molar-refractivity contribution in [2.24, 2.45) is 5.92 Å². The molecule has 0 spiro atoms. The van der Waals surface area contributed by atoms with E-state index in [1.807, 2.05) is 0 Å². The molecule has 96 valence electrons. The van der Waals surface area contributed by atoms with Gasteiger partial charge < -0.3 is 9.64 Å². The highest BCUT2D eigenvalue weighted by Gasteiger charge is 2.27. The number of carbonyl (C=O) groups excluding carboxylic acids is 3. The average molecular weight is 241 g/mol. The highest BCUT2D eigenvalue weighted by Crippen LogP contribution is 2.11. The number of nitrogens with zero attached hydrogens (tertiary/aromatic N) is 1. The van der Waals surface area contributed by atoms with E-state index in [9.17, 15) is 14.4 Å². The van der Waals surface area contributed by atoms with Crippen molar-refractivity contribution in [2.75, 3.05) is 19.7 Å². The van der Waals surface area contributed by atoms with Crippen LogP contribution in [0.25, 0.3) is 0 Å². The first-order valence-corrected chi connectivity index (χ1v) is 6.05. The lowest BCUT2D eigenvalue weighted by Gasteiger charge is -2.15. The quantitative estimate of drug-likeness (QED) is 0.527. The molecular weight excluding hydrogens is 222 g/mol. The summed E-state index contributed by atoms with van der Waals surface area (Å²) in [7, 11) is 0. The highest BCUT2D eigenvalue weighted by atomic mass is 16.5. The number of ketones is 1. The van der Waals surface area contributed by atoms with Gasteiger partial charge in [-0.05, 0) is 19.8 Å². The number of likely N-dealkylation sites (tertiary alicyclic amines) is 1.